The lowest BCUT2D eigenvalue weighted by molar-refractivity contribution is 0.102. The average Bonchev–Trinajstić information content (AvgIpc) is 3.08. The van der Waals surface area contributed by atoms with Crippen LogP contribution < -0.4 is 16.4 Å². The van der Waals surface area contributed by atoms with Crippen LogP contribution in [0.2, 0.25) is 0 Å². The summed E-state index contributed by atoms with van der Waals surface area (Å²) in [4.78, 5) is 12.3. The second kappa shape index (κ2) is 8.71. The van der Waals surface area contributed by atoms with Gasteiger partial charge in [-0.3, -0.25) is 4.79 Å². The van der Waals surface area contributed by atoms with Crippen molar-refractivity contribution in [2.45, 2.75) is 38.3 Å². The highest BCUT2D eigenvalue weighted by Crippen LogP contribution is 2.24. The Bertz CT molecular complexity index is 667. The largest absolute Gasteiger partial charge is 0.382 e. The van der Waals surface area contributed by atoms with E-state index in [1.165, 1.54) is 25.7 Å². The average molecular weight is 346 g/mol. The molecular formula is C19H24ClN3O. The monoisotopic (exact) mass is 345 g/mol. The van der Waals surface area contributed by atoms with Gasteiger partial charge in [0, 0.05) is 29.5 Å². The number of benzene rings is 2. The maximum atomic E-state index is 12.3. The van der Waals surface area contributed by atoms with Gasteiger partial charge in [0.2, 0.25) is 0 Å². The van der Waals surface area contributed by atoms with Crippen LogP contribution in [0, 0.1) is 0 Å². The Morgan fingerprint density at radius 3 is 2.38 bits per heavy atom. The fourth-order valence-electron chi connectivity index (χ4n) is 2.99. The Labute approximate surface area is 149 Å². The van der Waals surface area contributed by atoms with Crippen LogP contribution in [0.15, 0.2) is 48.5 Å². The third-order valence-electron chi connectivity index (χ3n) is 4.30. The van der Waals surface area contributed by atoms with E-state index in [-0.39, 0.29) is 18.3 Å². The quantitative estimate of drug-likeness (QED) is 0.761. The molecule has 4 N–H and O–H groups in total. The van der Waals surface area contributed by atoms with Crippen molar-refractivity contribution in [2.75, 3.05) is 10.6 Å². The van der Waals surface area contributed by atoms with Gasteiger partial charge in [-0.15, -0.1) is 12.4 Å². The molecule has 0 spiro atoms. The van der Waals surface area contributed by atoms with E-state index in [1.807, 2.05) is 36.4 Å². The first kappa shape index (κ1) is 18.3. The molecule has 1 saturated carbocycles. The van der Waals surface area contributed by atoms with Crippen LogP contribution in [-0.2, 0) is 6.54 Å². The molecule has 1 aliphatic carbocycles. The first-order chi connectivity index (χ1) is 11.2. The minimum absolute atomic E-state index is 0. The van der Waals surface area contributed by atoms with Crippen LogP contribution >= 0.6 is 12.4 Å². The predicted octanol–water partition coefficient (Wildman–Crippen LogP) is 4.17. The summed E-state index contributed by atoms with van der Waals surface area (Å²) in [6.07, 6.45) is 5.05. The maximum absolute atomic E-state index is 12.3. The predicted molar refractivity (Wildman–Crippen MR) is 102 cm³/mol. The summed E-state index contributed by atoms with van der Waals surface area (Å²) < 4.78 is 0. The van der Waals surface area contributed by atoms with Gasteiger partial charge < -0.3 is 16.4 Å². The van der Waals surface area contributed by atoms with Gasteiger partial charge in [0.15, 0.2) is 0 Å². The molecule has 0 saturated heterocycles. The van der Waals surface area contributed by atoms with E-state index in [2.05, 4.69) is 10.6 Å². The number of nitrogens with two attached hydrogens (primary N) is 1. The van der Waals surface area contributed by atoms with Crippen molar-refractivity contribution in [2.24, 2.45) is 5.73 Å². The van der Waals surface area contributed by atoms with Crippen molar-refractivity contribution in [1.29, 1.82) is 0 Å². The normalized spacial score (nSPS) is 14.0. The molecule has 0 aromatic heterocycles. The first-order valence-corrected chi connectivity index (χ1v) is 8.21. The van der Waals surface area contributed by atoms with Gasteiger partial charge in [0.05, 0.1) is 0 Å². The molecule has 128 valence electrons. The number of anilines is 2. The molecule has 4 nitrogen and oxygen atoms in total. The standard InChI is InChI=1S/C19H23N3O.ClH/c20-13-14-8-10-15(11-9-14)19(23)22-18-7-3-6-17(12-18)21-16-4-1-2-5-16;/h3,6-12,16,21H,1-2,4-5,13,20H2,(H,22,23);1H. The molecule has 1 fully saturated rings. The van der Waals surface area contributed by atoms with E-state index >= 15 is 0 Å². The van der Waals surface area contributed by atoms with E-state index in [0.29, 0.717) is 18.2 Å². The summed E-state index contributed by atoms with van der Waals surface area (Å²) in [5, 5.41) is 6.49. The summed E-state index contributed by atoms with van der Waals surface area (Å²) in [7, 11) is 0. The Morgan fingerprint density at radius 1 is 1.04 bits per heavy atom. The SMILES string of the molecule is Cl.NCc1ccc(C(=O)Nc2cccc(NC3CCCC3)c2)cc1. The highest BCUT2D eigenvalue weighted by molar-refractivity contribution is 6.04. The van der Waals surface area contributed by atoms with Crippen LogP contribution in [0.1, 0.15) is 41.6 Å². The number of rotatable bonds is 5. The number of carbonyl (C=O) groups is 1. The van der Waals surface area contributed by atoms with Gasteiger partial charge in [-0.25, -0.2) is 0 Å². The van der Waals surface area contributed by atoms with Crippen molar-refractivity contribution in [3.05, 3.63) is 59.7 Å². The molecule has 5 heteroatoms. The fourth-order valence-corrected chi connectivity index (χ4v) is 2.99. The summed E-state index contributed by atoms with van der Waals surface area (Å²) in [5.74, 6) is -0.105. The fraction of sp³-hybridized carbons (Fsp3) is 0.316. The highest BCUT2D eigenvalue weighted by atomic mass is 35.5. The maximum Gasteiger partial charge on any atom is 0.255 e. The molecule has 2 aromatic carbocycles. The van der Waals surface area contributed by atoms with Crippen LogP contribution in [0.3, 0.4) is 0 Å². The van der Waals surface area contributed by atoms with Gasteiger partial charge >= 0.3 is 0 Å². The zero-order valence-electron chi connectivity index (χ0n) is 13.6. The number of carbonyl (C=O) groups excluding carboxylic acids is 1. The first-order valence-electron chi connectivity index (χ1n) is 8.21. The summed E-state index contributed by atoms with van der Waals surface area (Å²) in [6.45, 7) is 0.483. The molecule has 2 aromatic rings. The highest BCUT2D eigenvalue weighted by Gasteiger charge is 2.14. The van der Waals surface area contributed by atoms with Crippen molar-refractivity contribution >= 4 is 29.7 Å². The van der Waals surface area contributed by atoms with Crippen LogP contribution in [-0.4, -0.2) is 11.9 Å². The van der Waals surface area contributed by atoms with E-state index in [4.69, 9.17) is 5.73 Å². The number of hydrogen-bond donors (Lipinski definition) is 3. The van der Waals surface area contributed by atoms with Gasteiger partial charge in [0.1, 0.15) is 0 Å². The molecule has 24 heavy (non-hydrogen) atoms. The number of amides is 1. The molecule has 0 atom stereocenters. The van der Waals surface area contributed by atoms with Crippen LogP contribution in [0.4, 0.5) is 11.4 Å². The van der Waals surface area contributed by atoms with E-state index < -0.39 is 0 Å². The van der Waals surface area contributed by atoms with E-state index in [0.717, 1.165) is 16.9 Å². The zero-order valence-corrected chi connectivity index (χ0v) is 14.4. The van der Waals surface area contributed by atoms with E-state index in [9.17, 15) is 4.79 Å². The molecule has 0 aliphatic heterocycles. The van der Waals surface area contributed by atoms with E-state index in [1.54, 1.807) is 12.1 Å². The summed E-state index contributed by atoms with van der Waals surface area (Å²) in [5.41, 5.74) is 9.10. The Morgan fingerprint density at radius 2 is 1.71 bits per heavy atom. The third kappa shape index (κ3) is 4.73. The molecule has 0 bridgehead atoms. The zero-order chi connectivity index (χ0) is 16.1. The second-order valence-corrected chi connectivity index (χ2v) is 6.06. The molecule has 0 radical (unpaired) electrons. The topological polar surface area (TPSA) is 67.2 Å². The molecule has 1 amide bonds. The lowest BCUT2D eigenvalue weighted by atomic mass is 10.1. The lowest BCUT2D eigenvalue weighted by Gasteiger charge is -2.14. The molecule has 1 aliphatic rings. The summed E-state index contributed by atoms with van der Waals surface area (Å²) in [6, 6.07) is 15.8. The van der Waals surface area contributed by atoms with Gasteiger partial charge in [-0.2, -0.15) is 0 Å². The Kier molecular flexibility index (Phi) is 6.64. The van der Waals surface area contributed by atoms with Crippen molar-refractivity contribution in [3.8, 4) is 0 Å². The molecule has 0 heterocycles. The number of halogens is 1. The third-order valence-corrected chi connectivity index (χ3v) is 4.30. The molecule has 3 rings (SSSR count). The number of hydrogen-bond acceptors (Lipinski definition) is 3. The summed E-state index contributed by atoms with van der Waals surface area (Å²) >= 11 is 0. The minimum atomic E-state index is -0.105. The van der Waals surface area contributed by atoms with Gasteiger partial charge in [0.25, 0.3) is 5.91 Å². The molecule has 0 unspecified atom stereocenters. The minimum Gasteiger partial charge on any atom is -0.382 e. The Balaban J connectivity index is 0.00000208. The second-order valence-electron chi connectivity index (χ2n) is 6.06. The smallest absolute Gasteiger partial charge is 0.255 e. The van der Waals surface area contributed by atoms with Crippen molar-refractivity contribution in [1.82, 2.24) is 0 Å². The van der Waals surface area contributed by atoms with Gasteiger partial charge in [-0.05, 0) is 48.7 Å². The van der Waals surface area contributed by atoms with Crippen molar-refractivity contribution < 1.29 is 4.79 Å². The lowest BCUT2D eigenvalue weighted by Crippen LogP contribution is -2.15. The Hall–Kier alpha value is -2.04. The number of nitrogens with one attached hydrogen (secondary N) is 2. The molecular weight excluding hydrogens is 322 g/mol. The van der Waals surface area contributed by atoms with Crippen LogP contribution in [0.5, 0.6) is 0 Å². The van der Waals surface area contributed by atoms with Crippen molar-refractivity contribution in [3.63, 3.8) is 0 Å². The van der Waals surface area contributed by atoms with Gasteiger partial charge in [-0.1, -0.05) is 31.0 Å². The van der Waals surface area contributed by atoms with Crippen LogP contribution in [0.25, 0.3) is 0 Å².